The molecule has 0 aliphatic carbocycles. The van der Waals surface area contributed by atoms with Crippen molar-refractivity contribution in [1.82, 2.24) is 0 Å². The number of anilines is 1. The lowest BCUT2D eigenvalue weighted by atomic mass is 10.1. The molecular formula is C21H15F2NO3. The SMILES string of the molecule is O=C(Nc1cccc(C(=O)OCc2ccccc2)c1F)c1ccc(F)cc1. The van der Waals surface area contributed by atoms with Crippen molar-refractivity contribution in [1.29, 1.82) is 0 Å². The molecule has 0 spiro atoms. The number of hydrogen-bond donors (Lipinski definition) is 1. The summed E-state index contributed by atoms with van der Waals surface area (Å²) in [5.41, 5.74) is 0.473. The van der Waals surface area contributed by atoms with Crippen molar-refractivity contribution in [3.8, 4) is 0 Å². The Morgan fingerprint density at radius 2 is 1.56 bits per heavy atom. The lowest BCUT2D eigenvalue weighted by Crippen LogP contribution is -2.15. The van der Waals surface area contributed by atoms with Gasteiger partial charge in [0.05, 0.1) is 11.3 Å². The average molecular weight is 367 g/mol. The third-order valence-electron chi connectivity index (χ3n) is 3.79. The first kappa shape index (κ1) is 18.3. The quantitative estimate of drug-likeness (QED) is 0.672. The van der Waals surface area contributed by atoms with Crippen molar-refractivity contribution >= 4 is 17.6 Å². The largest absolute Gasteiger partial charge is 0.457 e. The van der Waals surface area contributed by atoms with Gasteiger partial charge in [0.2, 0.25) is 0 Å². The summed E-state index contributed by atoms with van der Waals surface area (Å²) in [6.07, 6.45) is 0. The van der Waals surface area contributed by atoms with Crippen molar-refractivity contribution in [2.45, 2.75) is 6.61 Å². The fourth-order valence-electron chi connectivity index (χ4n) is 2.38. The minimum Gasteiger partial charge on any atom is -0.457 e. The zero-order valence-electron chi connectivity index (χ0n) is 14.1. The molecule has 0 aromatic heterocycles. The average Bonchev–Trinajstić information content (AvgIpc) is 2.69. The second-order valence-electron chi connectivity index (χ2n) is 5.69. The van der Waals surface area contributed by atoms with E-state index in [1.165, 1.54) is 30.3 Å². The second-order valence-corrected chi connectivity index (χ2v) is 5.69. The smallest absolute Gasteiger partial charge is 0.341 e. The molecule has 27 heavy (non-hydrogen) atoms. The number of rotatable bonds is 5. The molecule has 0 heterocycles. The van der Waals surface area contributed by atoms with Gasteiger partial charge in [-0.15, -0.1) is 0 Å². The Bertz CT molecular complexity index is 957. The second kappa shape index (κ2) is 8.23. The van der Waals surface area contributed by atoms with E-state index in [2.05, 4.69) is 5.32 Å². The van der Waals surface area contributed by atoms with Gasteiger partial charge in [-0.2, -0.15) is 0 Å². The highest BCUT2D eigenvalue weighted by atomic mass is 19.1. The van der Waals surface area contributed by atoms with Crippen LogP contribution in [0.1, 0.15) is 26.3 Å². The minimum absolute atomic E-state index is 0.00524. The van der Waals surface area contributed by atoms with Crippen LogP contribution < -0.4 is 5.32 Å². The van der Waals surface area contributed by atoms with Gasteiger partial charge in [0.15, 0.2) is 5.82 Å². The Balaban J connectivity index is 1.72. The summed E-state index contributed by atoms with van der Waals surface area (Å²) in [6.45, 7) is 0.00524. The molecular weight excluding hydrogens is 352 g/mol. The Labute approximate surface area is 154 Å². The van der Waals surface area contributed by atoms with Crippen molar-refractivity contribution in [3.63, 3.8) is 0 Å². The van der Waals surface area contributed by atoms with Crippen LogP contribution >= 0.6 is 0 Å². The van der Waals surface area contributed by atoms with Crippen LogP contribution in [0.2, 0.25) is 0 Å². The molecule has 1 amide bonds. The highest BCUT2D eigenvalue weighted by molar-refractivity contribution is 6.05. The fraction of sp³-hybridized carbons (Fsp3) is 0.0476. The van der Waals surface area contributed by atoms with Gasteiger partial charge >= 0.3 is 5.97 Å². The number of carbonyl (C=O) groups is 2. The first-order valence-electron chi connectivity index (χ1n) is 8.11. The Morgan fingerprint density at radius 1 is 0.852 bits per heavy atom. The summed E-state index contributed by atoms with van der Waals surface area (Å²) in [5.74, 6) is -2.84. The first-order valence-corrected chi connectivity index (χ1v) is 8.11. The molecule has 0 fully saturated rings. The Kier molecular flexibility index (Phi) is 5.56. The van der Waals surface area contributed by atoms with Gasteiger partial charge in [0.1, 0.15) is 12.4 Å². The summed E-state index contributed by atoms with van der Waals surface area (Å²) >= 11 is 0. The molecule has 0 atom stereocenters. The van der Waals surface area contributed by atoms with Gasteiger partial charge in [0, 0.05) is 5.56 Å². The molecule has 0 bridgehead atoms. The van der Waals surface area contributed by atoms with E-state index < -0.39 is 23.5 Å². The number of ether oxygens (including phenoxy) is 1. The number of carbonyl (C=O) groups excluding carboxylic acids is 2. The molecule has 0 aliphatic heterocycles. The standard InChI is InChI=1S/C21H15F2NO3/c22-16-11-9-15(10-12-16)20(25)24-18-8-4-7-17(19(18)23)21(26)27-13-14-5-2-1-3-6-14/h1-12H,13H2,(H,24,25). The molecule has 1 N–H and O–H groups in total. The monoisotopic (exact) mass is 367 g/mol. The van der Waals surface area contributed by atoms with Crippen LogP contribution in [-0.2, 0) is 11.3 Å². The minimum atomic E-state index is -0.897. The van der Waals surface area contributed by atoms with E-state index in [0.717, 1.165) is 17.7 Å². The van der Waals surface area contributed by atoms with Crippen molar-refractivity contribution < 1.29 is 23.1 Å². The Hall–Kier alpha value is -3.54. The first-order chi connectivity index (χ1) is 13.0. The van der Waals surface area contributed by atoms with E-state index in [1.54, 1.807) is 24.3 Å². The zero-order valence-corrected chi connectivity index (χ0v) is 14.1. The van der Waals surface area contributed by atoms with Crippen LogP contribution in [0.5, 0.6) is 0 Å². The van der Waals surface area contributed by atoms with Crippen LogP contribution in [0, 0.1) is 11.6 Å². The summed E-state index contributed by atoms with van der Waals surface area (Å²) < 4.78 is 32.7. The van der Waals surface area contributed by atoms with Crippen molar-refractivity contribution in [2.75, 3.05) is 5.32 Å². The third-order valence-corrected chi connectivity index (χ3v) is 3.79. The molecule has 6 heteroatoms. The maximum atomic E-state index is 14.6. The maximum absolute atomic E-state index is 14.6. The predicted octanol–water partition coefficient (Wildman–Crippen LogP) is 4.57. The molecule has 0 unspecified atom stereocenters. The van der Waals surface area contributed by atoms with Crippen LogP contribution in [0.4, 0.5) is 14.5 Å². The molecule has 0 saturated heterocycles. The van der Waals surface area contributed by atoms with Gasteiger partial charge < -0.3 is 10.1 Å². The van der Waals surface area contributed by atoms with Gasteiger partial charge in [-0.1, -0.05) is 36.4 Å². The highest BCUT2D eigenvalue weighted by Crippen LogP contribution is 2.20. The molecule has 0 aliphatic rings. The molecule has 0 saturated carbocycles. The number of hydrogen-bond acceptors (Lipinski definition) is 3. The van der Waals surface area contributed by atoms with E-state index in [-0.39, 0.29) is 23.4 Å². The number of esters is 1. The van der Waals surface area contributed by atoms with Gasteiger partial charge in [-0.25, -0.2) is 13.6 Å². The van der Waals surface area contributed by atoms with E-state index in [4.69, 9.17) is 4.74 Å². The topological polar surface area (TPSA) is 55.4 Å². The normalized spacial score (nSPS) is 10.3. The fourth-order valence-corrected chi connectivity index (χ4v) is 2.38. The van der Waals surface area contributed by atoms with E-state index in [1.807, 2.05) is 6.07 Å². The highest BCUT2D eigenvalue weighted by Gasteiger charge is 2.18. The molecule has 4 nitrogen and oxygen atoms in total. The molecule has 3 aromatic carbocycles. The molecule has 136 valence electrons. The summed E-state index contributed by atoms with van der Waals surface area (Å²) in [7, 11) is 0. The van der Waals surface area contributed by atoms with Gasteiger partial charge in [0.25, 0.3) is 5.91 Å². The number of halogens is 2. The van der Waals surface area contributed by atoms with Gasteiger partial charge in [-0.3, -0.25) is 4.79 Å². The number of benzene rings is 3. The van der Waals surface area contributed by atoms with E-state index >= 15 is 0 Å². The van der Waals surface area contributed by atoms with Crippen molar-refractivity contribution in [2.24, 2.45) is 0 Å². The van der Waals surface area contributed by atoms with E-state index in [9.17, 15) is 18.4 Å². The zero-order chi connectivity index (χ0) is 19.2. The van der Waals surface area contributed by atoms with Gasteiger partial charge in [-0.05, 0) is 42.0 Å². The summed E-state index contributed by atoms with van der Waals surface area (Å²) in [4.78, 5) is 24.3. The summed E-state index contributed by atoms with van der Waals surface area (Å²) in [5, 5.41) is 2.37. The molecule has 0 radical (unpaired) electrons. The van der Waals surface area contributed by atoms with Crippen LogP contribution in [0.25, 0.3) is 0 Å². The number of amides is 1. The lowest BCUT2D eigenvalue weighted by Gasteiger charge is -2.10. The van der Waals surface area contributed by atoms with Crippen LogP contribution in [0.3, 0.4) is 0 Å². The summed E-state index contributed by atoms with van der Waals surface area (Å²) in [6, 6.07) is 17.8. The number of nitrogens with one attached hydrogen (secondary N) is 1. The lowest BCUT2D eigenvalue weighted by molar-refractivity contribution is 0.0467. The molecule has 3 aromatic rings. The molecule has 3 rings (SSSR count). The van der Waals surface area contributed by atoms with Crippen molar-refractivity contribution in [3.05, 3.63) is 101 Å². The van der Waals surface area contributed by atoms with E-state index in [0.29, 0.717) is 0 Å². The predicted molar refractivity (Wildman–Crippen MR) is 96.3 cm³/mol. The third kappa shape index (κ3) is 4.55. The van der Waals surface area contributed by atoms with Crippen LogP contribution in [-0.4, -0.2) is 11.9 Å². The van der Waals surface area contributed by atoms with Crippen LogP contribution in [0.15, 0.2) is 72.8 Å². The Morgan fingerprint density at radius 3 is 2.26 bits per heavy atom. The maximum Gasteiger partial charge on any atom is 0.341 e.